The second-order valence-corrected chi connectivity index (χ2v) is 9.91. The number of hydrogen-bond donors (Lipinski definition) is 1. The number of halogens is 1. The van der Waals surface area contributed by atoms with Gasteiger partial charge in [0, 0.05) is 30.0 Å². The van der Waals surface area contributed by atoms with E-state index in [0.717, 1.165) is 16.5 Å². The monoisotopic (exact) mass is 430 g/mol. The van der Waals surface area contributed by atoms with Crippen LogP contribution in [0.2, 0.25) is 0 Å². The predicted octanol–water partition coefficient (Wildman–Crippen LogP) is 3.15. The Morgan fingerprint density at radius 3 is 2.40 bits per heavy atom. The van der Waals surface area contributed by atoms with Gasteiger partial charge in [0.15, 0.2) is 0 Å². The lowest BCUT2D eigenvalue weighted by Gasteiger charge is -2.30. The molecule has 2 rings (SSSR count). The minimum atomic E-state index is -3.34. The van der Waals surface area contributed by atoms with Gasteiger partial charge in [0.1, 0.15) is 0 Å². The molecule has 0 atom stereocenters. The average Bonchev–Trinajstić information content (AvgIpc) is 2.56. The molecule has 0 spiro atoms. The molecule has 5 nitrogen and oxygen atoms in total. The average molecular weight is 431 g/mol. The maximum absolute atomic E-state index is 12.6. The van der Waals surface area contributed by atoms with Gasteiger partial charge in [-0.15, -0.1) is 0 Å². The molecule has 1 aromatic carbocycles. The number of benzene rings is 1. The Balaban J connectivity index is 1.84. The van der Waals surface area contributed by atoms with Crippen molar-refractivity contribution in [1.29, 1.82) is 0 Å². The molecular formula is C18H27BrN2O3S. The summed E-state index contributed by atoms with van der Waals surface area (Å²) in [4.78, 5) is 12.2. The summed E-state index contributed by atoms with van der Waals surface area (Å²) < 4.78 is 27.6. The number of piperidine rings is 1. The summed E-state index contributed by atoms with van der Waals surface area (Å²) in [5.41, 5.74) is 0.775. The van der Waals surface area contributed by atoms with Crippen LogP contribution < -0.4 is 5.32 Å². The Hall–Kier alpha value is -0.920. The summed E-state index contributed by atoms with van der Waals surface area (Å²) in [6.07, 6.45) is 2.15. The van der Waals surface area contributed by atoms with Gasteiger partial charge in [0.05, 0.1) is 5.75 Å². The van der Waals surface area contributed by atoms with E-state index in [1.165, 1.54) is 4.31 Å². The number of nitrogens with one attached hydrogen (secondary N) is 1. The largest absolute Gasteiger partial charge is 0.356 e. The van der Waals surface area contributed by atoms with Gasteiger partial charge in [-0.2, -0.15) is 0 Å². The number of sulfonamides is 1. The van der Waals surface area contributed by atoms with Gasteiger partial charge < -0.3 is 5.32 Å². The number of carbonyl (C=O) groups excluding carboxylic acids is 1. The summed E-state index contributed by atoms with van der Waals surface area (Å²) in [6.45, 7) is 5.78. The van der Waals surface area contributed by atoms with Crippen molar-refractivity contribution in [2.45, 2.75) is 38.9 Å². The smallest absolute Gasteiger partial charge is 0.223 e. The molecule has 0 aromatic heterocycles. The Morgan fingerprint density at radius 2 is 1.84 bits per heavy atom. The highest BCUT2D eigenvalue weighted by atomic mass is 79.9. The van der Waals surface area contributed by atoms with Gasteiger partial charge in [-0.3, -0.25) is 4.79 Å². The van der Waals surface area contributed by atoms with E-state index in [4.69, 9.17) is 0 Å². The van der Waals surface area contributed by atoms with Crippen LogP contribution in [0.3, 0.4) is 0 Å². The highest BCUT2D eigenvalue weighted by molar-refractivity contribution is 9.10. The van der Waals surface area contributed by atoms with Crippen molar-refractivity contribution in [3.05, 3.63) is 34.3 Å². The second-order valence-electron chi connectivity index (χ2n) is 7.03. The molecule has 1 N–H and O–H groups in total. The molecule has 0 saturated carbocycles. The fourth-order valence-corrected chi connectivity index (χ4v) is 4.73. The van der Waals surface area contributed by atoms with Crippen LogP contribution in [0.4, 0.5) is 0 Å². The van der Waals surface area contributed by atoms with Crippen molar-refractivity contribution in [1.82, 2.24) is 9.62 Å². The van der Waals surface area contributed by atoms with Gasteiger partial charge in [0.2, 0.25) is 15.9 Å². The first-order chi connectivity index (χ1) is 11.8. The molecule has 140 valence electrons. The fourth-order valence-electron chi connectivity index (χ4n) is 2.91. The molecule has 1 aliphatic rings. The van der Waals surface area contributed by atoms with Crippen molar-refractivity contribution in [2.24, 2.45) is 11.8 Å². The molecular weight excluding hydrogens is 404 g/mol. The molecule has 25 heavy (non-hydrogen) atoms. The molecule has 1 amide bonds. The van der Waals surface area contributed by atoms with E-state index in [1.807, 2.05) is 24.3 Å². The van der Waals surface area contributed by atoms with Crippen molar-refractivity contribution in [3.8, 4) is 0 Å². The van der Waals surface area contributed by atoms with Gasteiger partial charge in [0.25, 0.3) is 0 Å². The van der Waals surface area contributed by atoms with E-state index < -0.39 is 10.0 Å². The maximum atomic E-state index is 12.6. The standard InChI is InChI=1S/C18H27BrN2O3S/c1-14(2)7-10-20-18(22)16-8-11-21(12-9-16)25(23,24)13-15-3-5-17(19)6-4-15/h3-6,14,16H,7-13H2,1-2H3,(H,20,22). The zero-order valence-corrected chi connectivity index (χ0v) is 17.3. The lowest BCUT2D eigenvalue weighted by molar-refractivity contribution is -0.126. The zero-order valence-electron chi connectivity index (χ0n) is 14.9. The maximum Gasteiger partial charge on any atom is 0.223 e. The number of carbonyl (C=O) groups is 1. The van der Waals surface area contributed by atoms with E-state index in [0.29, 0.717) is 38.4 Å². The van der Waals surface area contributed by atoms with Gasteiger partial charge in [-0.1, -0.05) is 41.9 Å². The molecule has 0 radical (unpaired) electrons. The van der Waals surface area contributed by atoms with Gasteiger partial charge >= 0.3 is 0 Å². The number of rotatable bonds is 7. The van der Waals surface area contributed by atoms with E-state index in [-0.39, 0.29) is 17.6 Å². The molecule has 1 heterocycles. The van der Waals surface area contributed by atoms with E-state index >= 15 is 0 Å². The van der Waals surface area contributed by atoms with Crippen LogP contribution in [0.1, 0.15) is 38.7 Å². The first-order valence-corrected chi connectivity index (χ1v) is 11.2. The van der Waals surface area contributed by atoms with Crippen LogP contribution >= 0.6 is 15.9 Å². The first-order valence-electron chi connectivity index (χ1n) is 8.78. The molecule has 1 fully saturated rings. The van der Waals surface area contributed by atoms with Gasteiger partial charge in [-0.05, 0) is 42.9 Å². The zero-order chi connectivity index (χ0) is 18.4. The van der Waals surface area contributed by atoms with Crippen LogP contribution in [-0.2, 0) is 20.6 Å². The topological polar surface area (TPSA) is 66.5 Å². The third kappa shape index (κ3) is 6.38. The van der Waals surface area contributed by atoms with Gasteiger partial charge in [-0.25, -0.2) is 12.7 Å². The summed E-state index contributed by atoms with van der Waals surface area (Å²) in [5, 5.41) is 2.97. The molecule has 0 bridgehead atoms. The summed E-state index contributed by atoms with van der Waals surface area (Å²) in [6, 6.07) is 7.32. The van der Waals surface area contributed by atoms with Crippen LogP contribution in [-0.4, -0.2) is 38.3 Å². The van der Waals surface area contributed by atoms with Crippen molar-refractivity contribution >= 4 is 31.9 Å². The number of amides is 1. The quantitative estimate of drug-likeness (QED) is 0.722. The van der Waals surface area contributed by atoms with Crippen LogP contribution in [0.15, 0.2) is 28.7 Å². The minimum absolute atomic E-state index is 0.00549. The summed E-state index contributed by atoms with van der Waals surface area (Å²) >= 11 is 3.35. The normalized spacial score (nSPS) is 17.0. The number of hydrogen-bond acceptors (Lipinski definition) is 3. The van der Waals surface area contributed by atoms with E-state index in [1.54, 1.807) is 0 Å². The van der Waals surface area contributed by atoms with Crippen molar-refractivity contribution in [2.75, 3.05) is 19.6 Å². The molecule has 0 aliphatic carbocycles. The van der Waals surface area contributed by atoms with E-state index in [2.05, 4.69) is 35.1 Å². The SMILES string of the molecule is CC(C)CCNC(=O)C1CCN(S(=O)(=O)Cc2ccc(Br)cc2)CC1. The Kier molecular flexibility index (Phi) is 7.46. The molecule has 7 heteroatoms. The third-order valence-corrected chi connectivity index (χ3v) is 6.88. The second kappa shape index (κ2) is 9.14. The predicted molar refractivity (Wildman–Crippen MR) is 104 cm³/mol. The van der Waals surface area contributed by atoms with Crippen molar-refractivity contribution in [3.63, 3.8) is 0 Å². The molecule has 1 saturated heterocycles. The Labute approximate surface area is 159 Å². The van der Waals surface area contributed by atoms with Crippen LogP contribution in [0.25, 0.3) is 0 Å². The number of nitrogens with zero attached hydrogens (tertiary/aromatic N) is 1. The molecule has 0 unspecified atom stereocenters. The van der Waals surface area contributed by atoms with Crippen LogP contribution in [0.5, 0.6) is 0 Å². The molecule has 1 aliphatic heterocycles. The Morgan fingerprint density at radius 1 is 1.24 bits per heavy atom. The molecule has 1 aromatic rings. The summed E-state index contributed by atoms with van der Waals surface area (Å²) in [5.74, 6) is 0.550. The highest BCUT2D eigenvalue weighted by Crippen LogP contribution is 2.22. The van der Waals surface area contributed by atoms with E-state index in [9.17, 15) is 13.2 Å². The first kappa shape index (κ1) is 20.4. The highest BCUT2D eigenvalue weighted by Gasteiger charge is 2.31. The Bertz CT molecular complexity index is 666. The van der Waals surface area contributed by atoms with Crippen LogP contribution in [0, 0.1) is 11.8 Å². The third-order valence-electron chi connectivity index (χ3n) is 4.50. The van der Waals surface area contributed by atoms with Crippen molar-refractivity contribution < 1.29 is 13.2 Å². The minimum Gasteiger partial charge on any atom is -0.356 e. The lowest BCUT2D eigenvalue weighted by Crippen LogP contribution is -2.43. The fraction of sp³-hybridized carbons (Fsp3) is 0.611. The summed E-state index contributed by atoms with van der Waals surface area (Å²) in [7, 11) is -3.34. The lowest BCUT2D eigenvalue weighted by atomic mass is 9.97.